The molecule has 0 aliphatic carbocycles. The van der Waals surface area contributed by atoms with Crippen LogP contribution in [0, 0.1) is 0 Å². The van der Waals surface area contributed by atoms with Crippen molar-refractivity contribution in [3.63, 3.8) is 0 Å². The van der Waals surface area contributed by atoms with Crippen LogP contribution >= 0.6 is 0 Å². The molecule has 0 fully saturated rings. The van der Waals surface area contributed by atoms with Crippen molar-refractivity contribution in [3.05, 3.63) is 53.9 Å². The van der Waals surface area contributed by atoms with Crippen LogP contribution in [0.2, 0.25) is 0 Å². The largest absolute Gasteiger partial charge is 0.348 e. The molecule has 2 aromatic rings. The van der Waals surface area contributed by atoms with E-state index in [9.17, 15) is 18.0 Å². The Morgan fingerprint density at radius 1 is 1.13 bits per heavy atom. The minimum absolute atomic E-state index is 0.0358. The topological polar surface area (TPSA) is 54.5 Å². The monoisotopic (exact) mass is 423 g/mol. The van der Waals surface area contributed by atoms with E-state index in [1.165, 1.54) is 13.8 Å². The highest BCUT2D eigenvalue weighted by molar-refractivity contribution is 5.79. The maximum Gasteiger partial charge on any atom is 0.315 e. The van der Waals surface area contributed by atoms with E-state index in [2.05, 4.69) is 10.3 Å². The maximum atomic E-state index is 13.1. The number of pyridine rings is 1. The molecule has 30 heavy (non-hydrogen) atoms. The van der Waals surface area contributed by atoms with E-state index < -0.39 is 30.8 Å². The summed E-state index contributed by atoms with van der Waals surface area (Å²) >= 11 is 0. The maximum absolute atomic E-state index is 13.1. The average Bonchev–Trinajstić information content (AvgIpc) is 2.67. The number of hydrogen-bond acceptors (Lipinski definition) is 4. The van der Waals surface area contributed by atoms with Crippen molar-refractivity contribution in [1.82, 2.24) is 15.2 Å². The molecule has 8 heteroatoms. The number of alkyl halides is 3. The van der Waals surface area contributed by atoms with Gasteiger partial charge in [-0.15, -0.1) is 0 Å². The average molecular weight is 423 g/mol. The summed E-state index contributed by atoms with van der Waals surface area (Å²) in [5, 5.41) is 2.12. The number of amides is 1. The molecule has 0 radical (unpaired) electrons. The molecule has 0 bridgehead atoms. The van der Waals surface area contributed by atoms with Crippen molar-refractivity contribution in [1.29, 1.82) is 0 Å². The lowest BCUT2D eigenvalue weighted by atomic mass is 10.0. The van der Waals surface area contributed by atoms with Crippen LogP contribution in [0.5, 0.6) is 0 Å². The molecular weight excluding hydrogens is 395 g/mol. The highest BCUT2D eigenvalue weighted by Crippen LogP contribution is 2.29. The Morgan fingerprint density at radius 2 is 1.77 bits per heavy atom. The third-order valence-electron chi connectivity index (χ3n) is 4.35. The van der Waals surface area contributed by atoms with Crippen molar-refractivity contribution in [2.75, 3.05) is 20.8 Å². The SMILES string of the molecule is CN(C)Cc1ccc(-c2ccc([C@H](CCF)OC(C)(C)NC(=O)C(F)F)cc2)cn1. The summed E-state index contributed by atoms with van der Waals surface area (Å²) in [6, 6.07) is 11.3. The van der Waals surface area contributed by atoms with Gasteiger partial charge in [0.25, 0.3) is 5.91 Å². The van der Waals surface area contributed by atoms with Gasteiger partial charge in [0.15, 0.2) is 0 Å². The molecule has 0 saturated carbocycles. The van der Waals surface area contributed by atoms with Gasteiger partial charge in [-0.2, -0.15) is 8.78 Å². The summed E-state index contributed by atoms with van der Waals surface area (Å²) in [7, 11) is 3.95. The van der Waals surface area contributed by atoms with Crippen molar-refractivity contribution < 1.29 is 22.7 Å². The molecule has 1 atom stereocenters. The number of aromatic nitrogens is 1. The molecule has 2 rings (SSSR count). The second-order valence-corrected chi connectivity index (χ2v) is 7.78. The first-order chi connectivity index (χ1) is 14.1. The Bertz CT molecular complexity index is 809. The fraction of sp³-hybridized carbons (Fsp3) is 0.455. The summed E-state index contributed by atoms with van der Waals surface area (Å²) in [5.74, 6) is -1.43. The van der Waals surface area contributed by atoms with Gasteiger partial charge in [-0.1, -0.05) is 30.3 Å². The molecule has 0 unspecified atom stereocenters. The summed E-state index contributed by atoms with van der Waals surface area (Å²) in [6.45, 7) is 3.00. The second kappa shape index (κ2) is 10.5. The van der Waals surface area contributed by atoms with Crippen molar-refractivity contribution in [3.8, 4) is 11.1 Å². The van der Waals surface area contributed by atoms with Gasteiger partial charge in [-0.05, 0) is 45.1 Å². The first-order valence-electron chi connectivity index (χ1n) is 9.65. The Balaban J connectivity index is 2.13. The number of nitrogens with zero attached hydrogens (tertiary/aromatic N) is 2. The predicted octanol–water partition coefficient (Wildman–Crippen LogP) is 4.34. The van der Waals surface area contributed by atoms with Crippen LogP contribution < -0.4 is 5.32 Å². The first-order valence-corrected chi connectivity index (χ1v) is 9.65. The van der Waals surface area contributed by atoms with E-state index in [1.54, 1.807) is 18.3 Å². The molecule has 0 spiro atoms. The van der Waals surface area contributed by atoms with Crippen LogP contribution in [0.3, 0.4) is 0 Å². The third-order valence-corrected chi connectivity index (χ3v) is 4.35. The molecular formula is C22H28F3N3O2. The van der Waals surface area contributed by atoms with Crippen molar-refractivity contribution in [2.45, 2.75) is 45.1 Å². The van der Waals surface area contributed by atoms with Crippen molar-refractivity contribution in [2.24, 2.45) is 0 Å². The van der Waals surface area contributed by atoms with Crippen LogP contribution in [0.4, 0.5) is 13.2 Å². The quantitative estimate of drug-likeness (QED) is 0.578. The summed E-state index contributed by atoms with van der Waals surface area (Å²) in [4.78, 5) is 17.8. The van der Waals surface area contributed by atoms with Gasteiger partial charge >= 0.3 is 6.43 Å². The van der Waals surface area contributed by atoms with E-state index in [1.807, 2.05) is 43.3 Å². The number of benzene rings is 1. The van der Waals surface area contributed by atoms with E-state index in [0.29, 0.717) is 5.56 Å². The minimum Gasteiger partial charge on any atom is -0.348 e. The number of rotatable bonds is 10. The van der Waals surface area contributed by atoms with Gasteiger partial charge in [0, 0.05) is 24.7 Å². The van der Waals surface area contributed by atoms with Crippen LogP contribution in [0.15, 0.2) is 42.6 Å². The van der Waals surface area contributed by atoms with E-state index in [0.717, 1.165) is 23.4 Å². The van der Waals surface area contributed by atoms with Crippen LogP contribution in [0.1, 0.15) is 37.6 Å². The molecule has 1 N–H and O–H groups in total. The Hall–Kier alpha value is -2.45. The molecule has 0 aliphatic heterocycles. The lowest BCUT2D eigenvalue weighted by molar-refractivity contribution is -0.148. The molecule has 1 aromatic carbocycles. The highest BCUT2D eigenvalue weighted by atomic mass is 19.3. The fourth-order valence-electron chi connectivity index (χ4n) is 3.03. The Morgan fingerprint density at radius 3 is 2.27 bits per heavy atom. The van der Waals surface area contributed by atoms with Crippen molar-refractivity contribution >= 4 is 5.91 Å². The normalized spacial score (nSPS) is 13.0. The van der Waals surface area contributed by atoms with Gasteiger partial charge in [-0.25, -0.2) is 0 Å². The van der Waals surface area contributed by atoms with E-state index in [-0.39, 0.29) is 6.42 Å². The first kappa shape index (κ1) is 23.8. The number of halogens is 3. The molecule has 1 aromatic heterocycles. The lowest BCUT2D eigenvalue weighted by Gasteiger charge is -2.31. The van der Waals surface area contributed by atoms with Gasteiger partial charge in [0.05, 0.1) is 18.5 Å². The third kappa shape index (κ3) is 7.11. The Labute approximate surface area is 175 Å². The van der Waals surface area contributed by atoms with Gasteiger partial charge in [0.1, 0.15) is 5.72 Å². The number of hydrogen-bond donors (Lipinski definition) is 1. The molecule has 0 saturated heterocycles. The summed E-state index contributed by atoms with van der Waals surface area (Å²) in [6.07, 6.45) is -2.01. The molecule has 1 heterocycles. The number of nitrogens with one attached hydrogen (secondary N) is 1. The second-order valence-electron chi connectivity index (χ2n) is 7.78. The van der Waals surface area contributed by atoms with E-state index in [4.69, 9.17) is 4.74 Å². The zero-order chi connectivity index (χ0) is 22.3. The van der Waals surface area contributed by atoms with E-state index >= 15 is 0 Å². The molecule has 0 aliphatic rings. The predicted molar refractivity (Wildman–Crippen MR) is 110 cm³/mol. The number of carbonyl (C=O) groups excluding carboxylic acids is 1. The molecule has 164 valence electrons. The molecule has 1 amide bonds. The van der Waals surface area contributed by atoms with Crippen LogP contribution in [-0.4, -0.2) is 48.7 Å². The molecule has 5 nitrogen and oxygen atoms in total. The smallest absolute Gasteiger partial charge is 0.315 e. The van der Waals surface area contributed by atoms with Gasteiger partial charge in [-0.3, -0.25) is 14.2 Å². The highest BCUT2D eigenvalue weighted by Gasteiger charge is 2.29. The summed E-state index contributed by atoms with van der Waals surface area (Å²) < 4.78 is 43.9. The Kier molecular flexibility index (Phi) is 8.37. The van der Waals surface area contributed by atoms with Crippen LogP contribution in [-0.2, 0) is 16.1 Å². The summed E-state index contributed by atoms with van der Waals surface area (Å²) in [5.41, 5.74) is 2.15. The van der Waals surface area contributed by atoms with Crippen LogP contribution in [0.25, 0.3) is 11.1 Å². The number of ether oxygens (including phenoxy) is 1. The van der Waals surface area contributed by atoms with Gasteiger partial charge in [0.2, 0.25) is 0 Å². The standard InChI is InChI=1S/C22H28F3N3O2/c1-22(2,27-21(29)20(24)25)30-19(11-12-23)16-7-5-15(6-8-16)17-9-10-18(26-13-17)14-28(3)4/h5-10,13,19-20H,11-12,14H2,1-4H3,(H,27,29)/t19-/m0/s1. The van der Waals surface area contributed by atoms with Gasteiger partial charge < -0.3 is 15.0 Å². The zero-order valence-corrected chi connectivity index (χ0v) is 17.7. The lowest BCUT2D eigenvalue weighted by Crippen LogP contribution is -2.48. The zero-order valence-electron chi connectivity index (χ0n) is 17.7. The fourth-order valence-corrected chi connectivity index (χ4v) is 3.03. The number of carbonyl (C=O) groups is 1. The minimum atomic E-state index is -3.15.